The maximum absolute atomic E-state index is 13.4. The lowest BCUT2D eigenvalue weighted by Crippen LogP contribution is -2.29. The summed E-state index contributed by atoms with van der Waals surface area (Å²) in [5.41, 5.74) is 1.22. The fourth-order valence-electron chi connectivity index (χ4n) is 3.07. The Hall–Kier alpha value is -0.450. The molecular weight excluding hydrogens is 307 g/mol. The van der Waals surface area contributed by atoms with Gasteiger partial charge in [-0.1, -0.05) is 6.07 Å². The summed E-state index contributed by atoms with van der Waals surface area (Å²) in [5, 5.41) is 3.63. The first-order valence-corrected chi connectivity index (χ1v) is 7.83. The second-order valence-corrected chi connectivity index (χ2v) is 6.68. The van der Waals surface area contributed by atoms with E-state index in [-0.39, 0.29) is 5.82 Å². The van der Waals surface area contributed by atoms with E-state index in [1.54, 1.807) is 6.07 Å². The van der Waals surface area contributed by atoms with Crippen molar-refractivity contribution in [2.75, 3.05) is 20.1 Å². The highest BCUT2D eigenvalue weighted by Gasteiger charge is 2.34. The Morgan fingerprint density at radius 2 is 2.16 bits per heavy atom. The number of rotatable bonds is 4. The van der Waals surface area contributed by atoms with Gasteiger partial charge < -0.3 is 5.32 Å². The van der Waals surface area contributed by atoms with Crippen molar-refractivity contribution in [2.24, 2.45) is 5.92 Å². The van der Waals surface area contributed by atoms with Gasteiger partial charge in [-0.3, -0.25) is 4.90 Å². The van der Waals surface area contributed by atoms with Gasteiger partial charge in [0.15, 0.2) is 0 Å². The Morgan fingerprint density at radius 1 is 1.37 bits per heavy atom. The van der Waals surface area contributed by atoms with E-state index in [4.69, 9.17) is 0 Å². The van der Waals surface area contributed by atoms with Gasteiger partial charge in [0.1, 0.15) is 5.82 Å². The van der Waals surface area contributed by atoms with Gasteiger partial charge in [-0.25, -0.2) is 4.39 Å². The van der Waals surface area contributed by atoms with Crippen LogP contribution in [0.2, 0.25) is 0 Å². The van der Waals surface area contributed by atoms with Gasteiger partial charge >= 0.3 is 0 Å². The third-order valence-corrected chi connectivity index (χ3v) is 4.91. The topological polar surface area (TPSA) is 15.3 Å². The van der Waals surface area contributed by atoms with E-state index < -0.39 is 0 Å². The van der Waals surface area contributed by atoms with Crippen LogP contribution >= 0.6 is 15.9 Å². The maximum Gasteiger partial charge on any atom is 0.137 e. The first-order valence-electron chi connectivity index (χ1n) is 7.03. The van der Waals surface area contributed by atoms with Crippen LogP contribution < -0.4 is 5.32 Å². The Balaban J connectivity index is 1.75. The average Bonchev–Trinajstić information content (AvgIpc) is 3.14. The number of nitrogens with zero attached hydrogens (tertiary/aromatic N) is 1. The summed E-state index contributed by atoms with van der Waals surface area (Å²) < 4.78 is 13.9. The van der Waals surface area contributed by atoms with Crippen LogP contribution in [0.3, 0.4) is 0 Å². The minimum absolute atomic E-state index is 0.183. The van der Waals surface area contributed by atoms with E-state index >= 15 is 0 Å². The van der Waals surface area contributed by atoms with E-state index in [2.05, 4.69) is 33.2 Å². The summed E-state index contributed by atoms with van der Waals surface area (Å²) >= 11 is 3.30. The van der Waals surface area contributed by atoms with Gasteiger partial charge in [-0.2, -0.15) is 0 Å². The van der Waals surface area contributed by atoms with Gasteiger partial charge in [0, 0.05) is 18.6 Å². The third-order valence-electron chi connectivity index (χ3n) is 4.31. The Bertz CT molecular complexity index is 461. The molecule has 3 rings (SSSR count). The molecule has 104 valence electrons. The van der Waals surface area contributed by atoms with Gasteiger partial charge in [0.25, 0.3) is 0 Å². The number of halogens is 2. The molecule has 1 aliphatic carbocycles. The van der Waals surface area contributed by atoms with Crippen LogP contribution in [0.5, 0.6) is 0 Å². The van der Waals surface area contributed by atoms with Crippen LogP contribution in [0.1, 0.15) is 30.9 Å². The molecule has 2 atom stereocenters. The van der Waals surface area contributed by atoms with Crippen molar-refractivity contribution in [1.29, 1.82) is 0 Å². The number of hydrogen-bond acceptors (Lipinski definition) is 2. The lowest BCUT2D eigenvalue weighted by Gasteiger charge is -2.26. The van der Waals surface area contributed by atoms with Gasteiger partial charge in [-0.05, 0) is 72.4 Å². The molecule has 1 heterocycles. The van der Waals surface area contributed by atoms with Crippen LogP contribution in [0.4, 0.5) is 4.39 Å². The molecular formula is C15H20BrFN2. The highest BCUT2D eigenvalue weighted by Crippen LogP contribution is 2.37. The van der Waals surface area contributed by atoms with Crippen molar-refractivity contribution >= 4 is 15.9 Å². The Labute approximate surface area is 122 Å². The quantitative estimate of drug-likeness (QED) is 0.913. The van der Waals surface area contributed by atoms with E-state index in [0.717, 1.165) is 19.1 Å². The summed E-state index contributed by atoms with van der Waals surface area (Å²) in [7, 11) is 2.17. The van der Waals surface area contributed by atoms with E-state index in [9.17, 15) is 4.39 Å². The Morgan fingerprint density at radius 3 is 2.84 bits per heavy atom. The molecule has 0 bridgehead atoms. The maximum atomic E-state index is 13.4. The molecule has 0 amide bonds. The predicted octanol–water partition coefficient (Wildman–Crippen LogP) is 3.33. The molecule has 2 aliphatic rings. The SMILES string of the molecule is CN1CCC(CNC2CC2)C1c1ccc(F)c(Br)c1. The van der Waals surface area contributed by atoms with E-state index in [1.165, 1.54) is 24.8 Å². The zero-order chi connectivity index (χ0) is 13.4. The Kier molecular flexibility index (Phi) is 3.92. The molecule has 0 radical (unpaired) electrons. The first kappa shape index (κ1) is 13.5. The van der Waals surface area contributed by atoms with E-state index in [1.807, 2.05) is 12.1 Å². The minimum atomic E-state index is -0.183. The van der Waals surface area contributed by atoms with Crippen molar-refractivity contribution in [3.8, 4) is 0 Å². The zero-order valence-electron chi connectivity index (χ0n) is 11.2. The smallest absolute Gasteiger partial charge is 0.137 e. The molecule has 1 saturated heterocycles. The van der Waals surface area contributed by atoms with Crippen molar-refractivity contribution in [1.82, 2.24) is 10.2 Å². The lowest BCUT2D eigenvalue weighted by atomic mass is 9.93. The van der Waals surface area contributed by atoms with Crippen molar-refractivity contribution in [3.05, 3.63) is 34.1 Å². The van der Waals surface area contributed by atoms with E-state index in [0.29, 0.717) is 16.4 Å². The molecule has 0 spiro atoms. The lowest BCUT2D eigenvalue weighted by molar-refractivity contribution is 0.271. The molecule has 1 aliphatic heterocycles. The average molecular weight is 327 g/mol. The zero-order valence-corrected chi connectivity index (χ0v) is 12.8. The highest BCUT2D eigenvalue weighted by molar-refractivity contribution is 9.10. The molecule has 1 aromatic carbocycles. The van der Waals surface area contributed by atoms with Gasteiger partial charge in [0.05, 0.1) is 4.47 Å². The monoisotopic (exact) mass is 326 g/mol. The predicted molar refractivity (Wildman–Crippen MR) is 78.6 cm³/mol. The van der Waals surface area contributed by atoms with Crippen molar-refractivity contribution in [2.45, 2.75) is 31.3 Å². The largest absolute Gasteiger partial charge is 0.314 e. The summed E-state index contributed by atoms with van der Waals surface area (Å²) in [6.07, 6.45) is 3.88. The normalized spacial score (nSPS) is 27.9. The molecule has 1 N–H and O–H groups in total. The molecule has 1 saturated carbocycles. The van der Waals surface area contributed by atoms with Crippen LogP contribution in [0.25, 0.3) is 0 Å². The number of hydrogen-bond donors (Lipinski definition) is 1. The molecule has 4 heteroatoms. The summed E-state index contributed by atoms with van der Waals surface area (Å²) in [5.74, 6) is 0.444. The molecule has 0 aromatic heterocycles. The second-order valence-electron chi connectivity index (χ2n) is 5.83. The molecule has 2 unspecified atom stereocenters. The minimum Gasteiger partial charge on any atom is -0.314 e. The van der Waals surface area contributed by atoms with Crippen LogP contribution in [-0.4, -0.2) is 31.1 Å². The van der Waals surface area contributed by atoms with Crippen LogP contribution in [0.15, 0.2) is 22.7 Å². The summed E-state index contributed by atoms with van der Waals surface area (Å²) in [4.78, 5) is 2.39. The second kappa shape index (κ2) is 5.51. The van der Waals surface area contributed by atoms with Crippen LogP contribution in [0, 0.1) is 11.7 Å². The number of likely N-dealkylation sites (tertiary alicyclic amines) is 1. The highest BCUT2D eigenvalue weighted by atomic mass is 79.9. The first-order chi connectivity index (χ1) is 9.15. The number of nitrogens with one attached hydrogen (secondary N) is 1. The standard InChI is InChI=1S/C15H20BrFN2/c1-19-7-6-11(9-18-12-3-4-12)15(19)10-2-5-14(17)13(16)8-10/h2,5,8,11-12,15,18H,3-4,6-7,9H2,1H3. The number of benzene rings is 1. The fourth-order valence-corrected chi connectivity index (χ4v) is 3.46. The molecule has 19 heavy (non-hydrogen) atoms. The summed E-state index contributed by atoms with van der Waals surface area (Å²) in [6, 6.07) is 6.59. The van der Waals surface area contributed by atoms with Gasteiger partial charge in [0.2, 0.25) is 0 Å². The summed E-state index contributed by atoms with van der Waals surface area (Å²) in [6.45, 7) is 2.20. The third kappa shape index (κ3) is 3.01. The van der Waals surface area contributed by atoms with Crippen molar-refractivity contribution in [3.63, 3.8) is 0 Å². The van der Waals surface area contributed by atoms with Crippen molar-refractivity contribution < 1.29 is 4.39 Å². The van der Waals surface area contributed by atoms with Gasteiger partial charge in [-0.15, -0.1) is 0 Å². The molecule has 2 nitrogen and oxygen atoms in total. The molecule has 1 aromatic rings. The van der Waals surface area contributed by atoms with Crippen LogP contribution in [-0.2, 0) is 0 Å². The fraction of sp³-hybridized carbons (Fsp3) is 0.600. The molecule has 2 fully saturated rings.